The van der Waals surface area contributed by atoms with Gasteiger partial charge < -0.3 is 16.2 Å². The predicted molar refractivity (Wildman–Crippen MR) is 160 cm³/mol. The molecular weight excluding hydrogens is 464 g/mol. The van der Waals surface area contributed by atoms with Crippen molar-refractivity contribution in [1.29, 1.82) is 0 Å². The second kappa shape index (κ2) is 9.63. The van der Waals surface area contributed by atoms with E-state index in [-0.39, 0.29) is 11.5 Å². The fourth-order valence-electron chi connectivity index (χ4n) is 11.4. The lowest BCUT2D eigenvalue weighted by Gasteiger charge is -2.73. The number of nitrogen functional groups attached to an aromatic ring is 2. The van der Waals surface area contributed by atoms with Crippen molar-refractivity contribution in [2.45, 2.75) is 98.0 Å². The maximum atomic E-state index is 6.71. The Morgan fingerprint density at radius 2 is 1.89 bits per heavy atom. The average molecular weight is 517 g/mol. The van der Waals surface area contributed by atoms with Crippen LogP contribution in [-0.2, 0) is 0 Å². The molecule has 5 aliphatic rings. The summed E-state index contributed by atoms with van der Waals surface area (Å²) in [6.45, 7) is 14.1. The number of allylic oxidation sites excluding steroid dienone is 3. The van der Waals surface area contributed by atoms with E-state index in [2.05, 4.69) is 46.4 Å². The van der Waals surface area contributed by atoms with E-state index in [0.717, 1.165) is 53.6 Å². The van der Waals surface area contributed by atoms with Crippen molar-refractivity contribution in [3.05, 3.63) is 42.5 Å². The van der Waals surface area contributed by atoms with Crippen LogP contribution in [-0.4, -0.2) is 6.10 Å². The summed E-state index contributed by atoms with van der Waals surface area (Å²) in [6, 6.07) is 5.71. The summed E-state index contributed by atoms with van der Waals surface area (Å²) in [5, 5.41) is 0. The van der Waals surface area contributed by atoms with Crippen LogP contribution in [0.4, 0.5) is 11.4 Å². The van der Waals surface area contributed by atoms with Gasteiger partial charge in [0.25, 0.3) is 0 Å². The Morgan fingerprint density at radius 3 is 2.63 bits per heavy atom. The highest BCUT2D eigenvalue weighted by Crippen LogP contribution is 2.76. The number of benzene rings is 1. The Hall–Kier alpha value is -1.90. The molecule has 0 amide bonds. The third kappa shape index (κ3) is 3.96. The van der Waals surface area contributed by atoms with E-state index in [1.54, 1.807) is 0 Å². The standard InChI is InChI=1S/C35H52N2O/c1-6-35-17-16-32(38-31-15-10-24(36)19-30(31)37)34(5)20-23(33(34)35)18-28-27-12-11-25(26(27)13-14-29(28)35)22(4)9-7-8-21(2)3/h6,8,10,15,19,22-23,25-29,32-33H,1,7,9,11-14,16-18,20,36-37H2,2-5H3. The first-order chi connectivity index (χ1) is 18.2. The van der Waals surface area contributed by atoms with Crippen LogP contribution in [0.2, 0.25) is 0 Å². The van der Waals surface area contributed by atoms with Crippen molar-refractivity contribution < 1.29 is 4.74 Å². The van der Waals surface area contributed by atoms with Gasteiger partial charge in [-0.3, -0.25) is 0 Å². The molecule has 38 heavy (non-hydrogen) atoms. The van der Waals surface area contributed by atoms with E-state index in [9.17, 15) is 0 Å². The quantitative estimate of drug-likeness (QED) is 0.281. The van der Waals surface area contributed by atoms with Gasteiger partial charge in [-0.2, -0.15) is 0 Å². The van der Waals surface area contributed by atoms with Gasteiger partial charge in [0.15, 0.2) is 0 Å². The molecule has 3 heteroatoms. The lowest BCUT2D eigenvalue weighted by atomic mass is 9.32. The number of hydrogen-bond donors (Lipinski definition) is 2. The molecule has 5 aliphatic carbocycles. The van der Waals surface area contributed by atoms with Gasteiger partial charge in [0.2, 0.25) is 0 Å². The zero-order valence-electron chi connectivity index (χ0n) is 24.4. The molecule has 0 saturated heterocycles. The van der Waals surface area contributed by atoms with Crippen LogP contribution in [0.15, 0.2) is 42.5 Å². The molecule has 11 atom stereocenters. The molecule has 5 fully saturated rings. The largest absolute Gasteiger partial charge is 0.488 e. The maximum Gasteiger partial charge on any atom is 0.142 e. The summed E-state index contributed by atoms with van der Waals surface area (Å²) in [6.07, 6.45) is 18.7. The van der Waals surface area contributed by atoms with Crippen LogP contribution in [0.25, 0.3) is 0 Å². The van der Waals surface area contributed by atoms with E-state index in [4.69, 9.17) is 16.2 Å². The highest BCUT2D eigenvalue weighted by atomic mass is 16.5. The van der Waals surface area contributed by atoms with E-state index in [1.165, 1.54) is 63.4 Å². The molecule has 5 saturated carbocycles. The van der Waals surface area contributed by atoms with Gasteiger partial charge in [0, 0.05) is 11.1 Å². The van der Waals surface area contributed by atoms with Crippen molar-refractivity contribution in [1.82, 2.24) is 0 Å². The Morgan fingerprint density at radius 1 is 1.11 bits per heavy atom. The average Bonchev–Trinajstić information content (AvgIpc) is 3.30. The maximum absolute atomic E-state index is 6.71. The van der Waals surface area contributed by atoms with Crippen molar-refractivity contribution in [3.8, 4) is 5.75 Å². The Kier molecular flexibility index (Phi) is 6.67. The first-order valence-electron chi connectivity index (χ1n) is 15.8. The number of rotatable bonds is 7. The Bertz CT molecular complexity index is 1090. The molecule has 0 heterocycles. The van der Waals surface area contributed by atoms with Gasteiger partial charge in [-0.15, -0.1) is 6.58 Å². The van der Waals surface area contributed by atoms with Crippen molar-refractivity contribution in [3.63, 3.8) is 0 Å². The summed E-state index contributed by atoms with van der Waals surface area (Å²) in [7, 11) is 0. The van der Waals surface area contributed by atoms with Gasteiger partial charge in [0.05, 0.1) is 5.69 Å². The van der Waals surface area contributed by atoms with Gasteiger partial charge in [-0.25, -0.2) is 0 Å². The fourth-order valence-corrected chi connectivity index (χ4v) is 11.4. The summed E-state index contributed by atoms with van der Waals surface area (Å²) in [5.74, 6) is 7.83. The molecule has 3 nitrogen and oxygen atoms in total. The zero-order valence-corrected chi connectivity index (χ0v) is 24.4. The molecule has 0 aliphatic heterocycles. The topological polar surface area (TPSA) is 61.3 Å². The second-order valence-corrected chi connectivity index (χ2v) is 14.7. The Labute approximate surface area is 231 Å². The number of hydrogen-bond acceptors (Lipinski definition) is 3. The van der Waals surface area contributed by atoms with Gasteiger partial charge in [0.1, 0.15) is 11.9 Å². The van der Waals surface area contributed by atoms with Crippen LogP contribution >= 0.6 is 0 Å². The number of anilines is 2. The third-order valence-electron chi connectivity index (χ3n) is 12.7. The fraction of sp³-hybridized carbons (Fsp3) is 0.714. The van der Waals surface area contributed by atoms with Crippen LogP contribution in [0.3, 0.4) is 0 Å². The Balaban J connectivity index is 1.20. The monoisotopic (exact) mass is 516 g/mol. The number of fused-ring (bicyclic) bond motifs is 4. The smallest absolute Gasteiger partial charge is 0.142 e. The highest BCUT2D eigenvalue weighted by Gasteiger charge is 2.71. The van der Waals surface area contributed by atoms with Crippen LogP contribution < -0.4 is 16.2 Å². The van der Waals surface area contributed by atoms with Crippen LogP contribution in [0, 0.1) is 58.2 Å². The van der Waals surface area contributed by atoms with Gasteiger partial charge >= 0.3 is 0 Å². The minimum atomic E-state index is 0.213. The van der Waals surface area contributed by atoms with Crippen LogP contribution in [0.5, 0.6) is 5.75 Å². The lowest BCUT2D eigenvalue weighted by Crippen LogP contribution is -2.69. The second-order valence-electron chi connectivity index (χ2n) is 14.7. The predicted octanol–water partition coefficient (Wildman–Crippen LogP) is 8.66. The van der Waals surface area contributed by atoms with Gasteiger partial charge in [-0.05, 0) is 149 Å². The number of nitrogens with two attached hydrogens (primary N) is 2. The van der Waals surface area contributed by atoms with E-state index >= 15 is 0 Å². The lowest BCUT2D eigenvalue weighted by molar-refractivity contribution is -0.248. The molecule has 0 spiro atoms. The minimum Gasteiger partial charge on any atom is -0.488 e. The van der Waals surface area contributed by atoms with E-state index < -0.39 is 0 Å². The normalized spacial score (nSPS) is 43.6. The molecule has 1 aromatic carbocycles. The minimum absolute atomic E-state index is 0.213. The summed E-state index contributed by atoms with van der Waals surface area (Å²) >= 11 is 0. The van der Waals surface area contributed by atoms with Gasteiger partial charge in [-0.1, -0.05) is 31.6 Å². The van der Waals surface area contributed by atoms with E-state index in [1.807, 2.05) is 18.2 Å². The summed E-state index contributed by atoms with van der Waals surface area (Å²) < 4.78 is 6.71. The van der Waals surface area contributed by atoms with Crippen molar-refractivity contribution in [2.24, 2.45) is 58.2 Å². The molecular formula is C35H52N2O. The van der Waals surface area contributed by atoms with E-state index in [0.29, 0.717) is 22.7 Å². The molecule has 0 bridgehead atoms. The zero-order chi connectivity index (χ0) is 26.8. The molecule has 6 rings (SSSR count). The summed E-state index contributed by atoms with van der Waals surface area (Å²) in [4.78, 5) is 0. The molecule has 0 radical (unpaired) electrons. The summed E-state index contributed by atoms with van der Waals surface area (Å²) in [5.41, 5.74) is 15.6. The molecule has 11 unspecified atom stereocenters. The molecule has 0 aromatic heterocycles. The highest BCUT2D eigenvalue weighted by molar-refractivity contribution is 5.60. The number of ether oxygens (including phenoxy) is 1. The van der Waals surface area contributed by atoms with Crippen LogP contribution in [0.1, 0.15) is 91.9 Å². The van der Waals surface area contributed by atoms with Crippen molar-refractivity contribution in [2.75, 3.05) is 11.5 Å². The first kappa shape index (κ1) is 26.3. The molecule has 4 N–H and O–H groups in total. The SMILES string of the molecule is C=CC12CCC(Oc3ccc(N)cc3N)C3(C)CC(CC4C5CCC(C(C)CCC=C(C)C)C5CCC41)C32. The first-order valence-corrected chi connectivity index (χ1v) is 15.8. The molecule has 208 valence electrons. The molecule has 1 aromatic rings. The third-order valence-corrected chi connectivity index (χ3v) is 12.7. The van der Waals surface area contributed by atoms with Crippen molar-refractivity contribution >= 4 is 11.4 Å².